The van der Waals surface area contributed by atoms with Gasteiger partial charge in [0.1, 0.15) is 0 Å². The highest BCUT2D eigenvalue weighted by atomic mass is 15.3. The first-order valence-corrected chi connectivity index (χ1v) is 6.76. The van der Waals surface area contributed by atoms with E-state index < -0.39 is 0 Å². The first kappa shape index (κ1) is 15.2. The molecular weight excluding hydrogens is 222 g/mol. The average molecular weight is 249 g/mol. The highest BCUT2D eigenvalue weighted by Gasteiger charge is 2.43. The molecule has 0 radical (unpaired) electrons. The molecule has 3 nitrogen and oxygen atoms in total. The molecule has 1 unspecified atom stereocenters. The Balaban J connectivity index is 3.02. The van der Waals surface area contributed by atoms with Crippen LogP contribution in [-0.4, -0.2) is 42.7 Å². The third kappa shape index (κ3) is 3.10. The van der Waals surface area contributed by atoms with Gasteiger partial charge in [0.2, 0.25) is 0 Å². The van der Waals surface area contributed by atoms with Crippen molar-refractivity contribution in [2.24, 2.45) is 5.73 Å². The van der Waals surface area contributed by atoms with Gasteiger partial charge in [-0.3, -0.25) is 4.90 Å². The van der Waals surface area contributed by atoms with Crippen LogP contribution in [-0.2, 0) is 0 Å². The van der Waals surface area contributed by atoms with Gasteiger partial charge in [0, 0.05) is 37.8 Å². The van der Waals surface area contributed by atoms with Gasteiger partial charge >= 0.3 is 0 Å². The fourth-order valence-corrected chi connectivity index (χ4v) is 3.09. The van der Waals surface area contributed by atoms with Crippen molar-refractivity contribution in [3.05, 3.63) is 38.0 Å². The van der Waals surface area contributed by atoms with Crippen LogP contribution >= 0.6 is 0 Å². The Kier molecular flexibility index (Phi) is 6.33. The number of piperazine rings is 1. The maximum Gasteiger partial charge on any atom is 0.0434 e. The zero-order chi connectivity index (χ0) is 13.4. The molecule has 0 amide bonds. The molecule has 1 rings (SSSR count). The lowest BCUT2D eigenvalue weighted by molar-refractivity contribution is 0.0264. The molecule has 18 heavy (non-hydrogen) atoms. The van der Waals surface area contributed by atoms with E-state index in [4.69, 9.17) is 5.73 Å². The molecule has 1 aliphatic rings. The minimum atomic E-state index is 0.0509. The highest BCUT2D eigenvalue weighted by Crippen LogP contribution is 2.33. The predicted octanol–water partition coefficient (Wildman–Crippen LogP) is 1.69. The van der Waals surface area contributed by atoms with Gasteiger partial charge in [-0.1, -0.05) is 18.2 Å². The topological polar surface area (TPSA) is 41.3 Å². The number of rotatable bonds is 8. The van der Waals surface area contributed by atoms with E-state index in [1.807, 2.05) is 18.2 Å². The molecule has 102 valence electrons. The Bertz CT molecular complexity index is 273. The van der Waals surface area contributed by atoms with Crippen molar-refractivity contribution >= 4 is 0 Å². The molecule has 1 fully saturated rings. The summed E-state index contributed by atoms with van der Waals surface area (Å²) in [7, 11) is 0. The summed E-state index contributed by atoms with van der Waals surface area (Å²) in [6.45, 7) is 15.4. The standard InChI is InChI=1S/C15H27N3/c1-4-7-14-15(8-5-2,9-6-3)18(12-10-16)13-11-17-14/h4-6,14,17H,1-3,7-13,16H2. The van der Waals surface area contributed by atoms with E-state index >= 15 is 0 Å². The highest BCUT2D eigenvalue weighted by molar-refractivity contribution is 5.10. The van der Waals surface area contributed by atoms with Crippen LogP contribution in [0.1, 0.15) is 19.3 Å². The first-order chi connectivity index (χ1) is 8.75. The van der Waals surface area contributed by atoms with Crippen LogP contribution in [0, 0.1) is 0 Å². The van der Waals surface area contributed by atoms with Crippen molar-refractivity contribution in [1.82, 2.24) is 10.2 Å². The molecule has 0 aromatic rings. The van der Waals surface area contributed by atoms with Gasteiger partial charge in [-0.2, -0.15) is 0 Å². The van der Waals surface area contributed by atoms with Crippen molar-refractivity contribution in [1.29, 1.82) is 0 Å². The van der Waals surface area contributed by atoms with Gasteiger partial charge in [0.15, 0.2) is 0 Å². The predicted molar refractivity (Wildman–Crippen MR) is 79.6 cm³/mol. The van der Waals surface area contributed by atoms with Gasteiger partial charge in [-0.25, -0.2) is 0 Å². The fourth-order valence-electron chi connectivity index (χ4n) is 3.09. The van der Waals surface area contributed by atoms with Gasteiger partial charge < -0.3 is 11.1 Å². The van der Waals surface area contributed by atoms with E-state index in [-0.39, 0.29) is 5.54 Å². The molecule has 1 heterocycles. The Morgan fingerprint density at radius 2 is 1.89 bits per heavy atom. The average Bonchev–Trinajstić information content (AvgIpc) is 2.35. The van der Waals surface area contributed by atoms with Crippen molar-refractivity contribution in [2.75, 3.05) is 26.2 Å². The number of hydrogen-bond acceptors (Lipinski definition) is 3. The lowest BCUT2D eigenvalue weighted by atomic mass is 9.78. The summed E-state index contributed by atoms with van der Waals surface area (Å²) in [4.78, 5) is 2.50. The fraction of sp³-hybridized carbons (Fsp3) is 0.600. The zero-order valence-corrected chi connectivity index (χ0v) is 11.4. The molecule has 1 aliphatic heterocycles. The summed E-state index contributed by atoms with van der Waals surface area (Å²) >= 11 is 0. The third-order valence-electron chi connectivity index (χ3n) is 3.85. The summed E-state index contributed by atoms with van der Waals surface area (Å²) in [6, 6.07) is 0.395. The van der Waals surface area contributed by atoms with Crippen LogP contribution < -0.4 is 11.1 Å². The summed E-state index contributed by atoms with van der Waals surface area (Å²) < 4.78 is 0. The van der Waals surface area contributed by atoms with Crippen LogP contribution in [0.15, 0.2) is 38.0 Å². The molecule has 1 saturated heterocycles. The van der Waals surface area contributed by atoms with Crippen LogP contribution in [0.25, 0.3) is 0 Å². The van der Waals surface area contributed by atoms with Crippen LogP contribution in [0.4, 0.5) is 0 Å². The molecule has 0 aliphatic carbocycles. The van der Waals surface area contributed by atoms with E-state index in [2.05, 4.69) is 30.0 Å². The molecule has 0 spiro atoms. The minimum Gasteiger partial charge on any atom is -0.329 e. The molecule has 0 aromatic heterocycles. The number of nitrogens with zero attached hydrogens (tertiary/aromatic N) is 1. The van der Waals surface area contributed by atoms with Gasteiger partial charge in [0.05, 0.1) is 0 Å². The maximum absolute atomic E-state index is 5.76. The Hall–Kier alpha value is -0.900. The second-order valence-electron chi connectivity index (χ2n) is 4.90. The minimum absolute atomic E-state index is 0.0509. The van der Waals surface area contributed by atoms with Crippen LogP contribution in [0.5, 0.6) is 0 Å². The van der Waals surface area contributed by atoms with Crippen LogP contribution in [0.3, 0.4) is 0 Å². The molecular formula is C15H27N3. The van der Waals surface area contributed by atoms with E-state index in [9.17, 15) is 0 Å². The lowest BCUT2D eigenvalue weighted by Gasteiger charge is -2.52. The first-order valence-electron chi connectivity index (χ1n) is 6.76. The van der Waals surface area contributed by atoms with E-state index in [1.165, 1.54) is 0 Å². The SMILES string of the molecule is C=CCC1NCCN(CCN)C1(CC=C)CC=C. The molecule has 3 N–H and O–H groups in total. The third-order valence-corrected chi connectivity index (χ3v) is 3.85. The van der Waals surface area contributed by atoms with Crippen LogP contribution in [0.2, 0.25) is 0 Å². The summed E-state index contributed by atoms with van der Waals surface area (Å²) in [5, 5.41) is 3.62. The Morgan fingerprint density at radius 3 is 2.39 bits per heavy atom. The van der Waals surface area contributed by atoms with E-state index in [0.29, 0.717) is 12.6 Å². The molecule has 0 aromatic carbocycles. The quantitative estimate of drug-likeness (QED) is 0.643. The number of nitrogens with two attached hydrogens (primary N) is 1. The largest absolute Gasteiger partial charge is 0.329 e. The smallest absolute Gasteiger partial charge is 0.0434 e. The van der Waals surface area contributed by atoms with Gasteiger partial charge in [-0.05, 0) is 19.3 Å². The molecule has 0 saturated carbocycles. The second-order valence-corrected chi connectivity index (χ2v) is 4.90. The van der Waals surface area contributed by atoms with Crippen molar-refractivity contribution < 1.29 is 0 Å². The second kappa shape index (κ2) is 7.52. The van der Waals surface area contributed by atoms with Gasteiger partial charge in [0.25, 0.3) is 0 Å². The Morgan fingerprint density at radius 1 is 1.22 bits per heavy atom. The van der Waals surface area contributed by atoms with Gasteiger partial charge in [-0.15, -0.1) is 19.7 Å². The zero-order valence-electron chi connectivity index (χ0n) is 11.4. The molecule has 0 bridgehead atoms. The molecule has 3 heteroatoms. The van der Waals surface area contributed by atoms with E-state index in [1.54, 1.807) is 0 Å². The van der Waals surface area contributed by atoms with Crippen molar-refractivity contribution in [3.63, 3.8) is 0 Å². The summed E-state index contributed by atoms with van der Waals surface area (Å²) in [5.41, 5.74) is 5.81. The number of nitrogens with one attached hydrogen (secondary N) is 1. The summed E-state index contributed by atoms with van der Waals surface area (Å²) in [6.07, 6.45) is 8.87. The normalized spacial score (nSPS) is 23.5. The van der Waals surface area contributed by atoms with Crippen molar-refractivity contribution in [3.8, 4) is 0 Å². The lowest BCUT2D eigenvalue weighted by Crippen LogP contribution is -2.67. The van der Waals surface area contributed by atoms with E-state index in [0.717, 1.165) is 38.9 Å². The number of hydrogen-bond donors (Lipinski definition) is 2. The summed E-state index contributed by atoms with van der Waals surface area (Å²) in [5.74, 6) is 0. The van der Waals surface area contributed by atoms with Crippen molar-refractivity contribution in [2.45, 2.75) is 30.8 Å². The monoisotopic (exact) mass is 249 g/mol. The molecule has 1 atom stereocenters. The Labute approximate surface area is 111 Å². The maximum atomic E-state index is 5.76.